The average Bonchev–Trinajstić information content (AvgIpc) is 3.13. The van der Waals surface area contributed by atoms with E-state index >= 15 is 0 Å². The highest BCUT2D eigenvalue weighted by atomic mass is 35.5. The Balaban J connectivity index is 1.93. The van der Waals surface area contributed by atoms with Crippen LogP contribution in [0.4, 0.5) is 5.69 Å². The lowest BCUT2D eigenvalue weighted by molar-refractivity contribution is 0.0985. The van der Waals surface area contributed by atoms with Crippen LogP contribution in [0.3, 0.4) is 0 Å². The summed E-state index contributed by atoms with van der Waals surface area (Å²) in [6.45, 7) is 0.519. The highest BCUT2D eigenvalue weighted by Crippen LogP contribution is 2.25. The molecule has 0 saturated heterocycles. The lowest BCUT2D eigenvalue weighted by Gasteiger charge is -2.23. The van der Waals surface area contributed by atoms with Gasteiger partial charge in [-0.2, -0.15) is 0 Å². The summed E-state index contributed by atoms with van der Waals surface area (Å²) in [7, 11) is 1.62. The van der Waals surface area contributed by atoms with E-state index in [1.165, 1.54) is 0 Å². The van der Waals surface area contributed by atoms with Gasteiger partial charge in [-0.15, -0.1) is 11.3 Å². The van der Waals surface area contributed by atoms with E-state index < -0.39 is 0 Å². The fourth-order valence-electron chi connectivity index (χ4n) is 2.35. The summed E-state index contributed by atoms with van der Waals surface area (Å²) >= 11 is 7.55. The maximum Gasteiger partial charge on any atom is 0.258 e. The minimum Gasteiger partial charge on any atom is -0.497 e. The van der Waals surface area contributed by atoms with E-state index in [9.17, 15) is 4.79 Å². The van der Waals surface area contributed by atoms with Crippen molar-refractivity contribution < 1.29 is 9.53 Å². The molecule has 0 unspecified atom stereocenters. The largest absolute Gasteiger partial charge is 0.497 e. The van der Waals surface area contributed by atoms with Crippen LogP contribution in [0.2, 0.25) is 5.02 Å². The van der Waals surface area contributed by atoms with Crippen molar-refractivity contribution in [3.05, 3.63) is 81.5 Å². The first-order valence-corrected chi connectivity index (χ1v) is 8.67. The first-order valence-electron chi connectivity index (χ1n) is 7.41. The van der Waals surface area contributed by atoms with Crippen LogP contribution in [0, 0.1) is 0 Å². The van der Waals surface area contributed by atoms with E-state index in [1.54, 1.807) is 47.6 Å². The van der Waals surface area contributed by atoms with Gasteiger partial charge in [-0.1, -0.05) is 17.7 Å². The maximum absolute atomic E-state index is 13.0. The molecule has 1 aromatic heterocycles. The summed E-state index contributed by atoms with van der Waals surface area (Å²) in [5.74, 6) is 0.694. The van der Waals surface area contributed by atoms with Gasteiger partial charge >= 0.3 is 0 Å². The van der Waals surface area contributed by atoms with E-state index in [0.29, 0.717) is 17.1 Å². The highest BCUT2D eigenvalue weighted by molar-refractivity contribution is 7.09. The molecule has 3 aromatic rings. The number of hydrogen-bond donors (Lipinski definition) is 0. The summed E-state index contributed by atoms with van der Waals surface area (Å²) < 4.78 is 5.20. The first kappa shape index (κ1) is 16.6. The van der Waals surface area contributed by atoms with Crippen molar-refractivity contribution in [2.75, 3.05) is 12.0 Å². The molecule has 2 aromatic carbocycles. The summed E-state index contributed by atoms with van der Waals surface area (Å²) in [4.78, 5) is 15.9. The van der Waals surface area contributed by atoms with E-state index in [1.807, 2.05) is 41.8 Å². The predicted molar refractivity (Wildman–Crippen MR) is 99.3 cm³/mol. The number of rotatable bonds is 5. The molecule has 3 rings (SSSR count). The third kappa shape index (κ3) is 3.78. The normalized spacial score (nSPS) is 10.4. The number of ether oxygens (including phenoxy) is 1. The zero-order valence-corrected chi connectivity index (χ0v) is 14.7. The Morgan fingerprint density at radius 1 is 1.08 bits per heavy atom. The molecular formula is C19H16ClNO2S. The minimum atomic E-state index is -0.0646. The molecule has 0 N–H and O–H groups in total. The van der Waals surface area contributed by atoms with E-state index in [0.717, 1.165) is 16.3 Å². The third-order valence-corrected chi connectivity index (χ3v) is 4.73. The Morgan fingerprint density at radius 3 is 2.38 bits per heavy atom. The number of carbonyl (C=O) groups is 1. The third-order valence-electron chi connectivity index (χ3n) is 3.61. The van der Waals surface area contributed by atoms with Crippen LogP contribution in [0.25, 0.3) is 0 Å². The van der Waals surface area contributed by atoms with Crippen molar-refractivity contribution in [1.82, 2.24) is 0 Å². The zero-order valence-electron chi connectivity index (χ0n) is 13.1. The molecule has 0 aliphatic heterocycles. The van der Waals surface area contributed by atoms with Gasteiger partial charge in [0.05, 0.1) is 13.7 Å². The van der Waals surface area contributed by atoms with Crippen LogP contribution in [-0.2, 0) is 6.54 Å². The molecule has 5 heteroatoms. The second kappa shape index (κ2) is 7.51. The Morgan fingerprint density at radius 2 is 1.79 bits per heavy atom. The summed E-state index contributed by atoms with van der Waals surface area (Å²) in [5, 5.41) is 2.62. The fraction of sp³-hybridized carbons (Fsp3) is 0.105. The standard InChI is InChI=1S/C19H16ClNO2S/c1-23-17-10-8-16(9-11-17)21(13-18-3-2-12-24-18)19(22)14-4-6-15(20)7-5-14/h2-12H,13H2,1H3. The molecule has 1 amide bonds. The van der Waals surface area contributed by atoms with Crippen molar-refractivity contribution in [3.8, 4) is 5.75 Å². The van der Waals surface area contributed by atoms with Crippen LogP contribution in [0.1, 0.15) is 15.2 Å². The monoisotopic (exact) mass is 357 g/mol. The Bertz CT molecular complexity index is 798. The number of hydrogen-bond acceptors (Lipinski definition) is 3. The maximum atomic E-state index is 13.0. The molecule has 1 heterocycles. The van der Waals surface area contributed by atoms with Crippen molar-refractivity contribution >= 4 is 34.5 Å². The lowest BCUT2D eigenvalue weighted by Crippen LogP contribution is -2.30. The first-order chi connectivity index (χ1) is 11.7. The average molecular weight is 358 g/mol. The van der Waals surface area contributed by atoms with Gasteiger partial charge in [-0.3, -0.25) is 4.79 Å². The van der Waals surface area contributed by atoms with E-state index in [2.05, 4.69) is 0 Å². The van der Waals surface area contributed by atoms with Crippen molar-refractivity contribution in [1.29, 1.82) is 0 Å². The van der Waals surface area contributed by atoms with Gasteiger partial charge in [0.2, 0.25) is 0 Å². The zero-order chi connectivity index (χ0) is 16.9. The molecule has 3 nitrogen and oxygen atoms in total. The number of thiophene rings is 1. The van der Waals surface area contributed by atoms with Crippen molar-refractivity contribution in [3.63, 3.8) is 0 Å². The van der Waals surface area contributed by atoms with Gasteiger partial charge < -0.3 is 9.64 Å². The SMILES string of the molecule is COc1ccc(N(Cc2cccs2)C(=O)c2ccc(Cl)cc2)cc1. The van der Waals surface area contributed by atoms with Gasteiger partial charge in [-0.05, 0) is 60.0 Å². The number of carbonyl (C=O) groups excluding carboxylic acids is 1. The van der Waals surface area contributed by atoms with E-state index in [-0.39, 0.29) is 5.91 Å². The summed E-state index contributed by atoms with van der Waals surface area (Å²) in [6.07, 6.45) is 0. The Labute approximate surface area is 150 Å². The molecule has 0 saturated carbocycles. The molecule has 0 bridgehead atoms. The molecule has 0 fully saturated rings. The number of amides is 1. The van der Waals surface area contributed by atoms with Gasteiger partial charge in [0.15, 0.2) is 0 Å². The predicted octanol–water partition coefficient (Wildman–Crippen LogP) is 5.26. The van der Waals surface area contributed by atoms with Gasteiger partial charge in [0.1, 0.15) is 5.75 Å². The molecule has 0 atom stereocenters. The second-order valence-corrected chi connectivity index (χ2v) is 6.64. The Hall–Kier alpha value is -2.30. The number of nitrogens with zero attached hydrogens (tertiary/aromatic N) is 1. The van der Waals surface area contributed by atoms with Crippen LogP contribution < -0.4 is 9.64 Å². The van der Waals surface area contributed by atoms with Crippen molar-refractivity contribution in [2.24, 2.45) is 0 Å². The number of halogens is 1. The molecule has 0 spiro atoms. The molecule has 0 radical (unpaired) electrons. The number of anilines is 1. The molecular weight excluding hydrogens is 342 g/mol. The topological polar surface area (TPSA) is 29.5 Å². The van der Waals surface area contributed by atoms with Crippen molar-refractivity contribution in [2.45, 2.75) is 6.54 Å². The van der Waals surface area contributed by atoms with Gasteiger partial charge in [0, 0.05) is 21.2 Å². The minimum absolute atomic E-state index is 0.0646. The second-order valence-electron chi connectivity index (χ2n) is 5.18. The number of benzene rings is 2. The number of methoxy groups -OCH3 is 1. The van der Waals surface area contributed by atoms with Crippen LogP contribution >= 0.6 is 22.9 Å². The van der Waals surface area contributed by atoms with Crippen LogP contribution in [0.5, 0.6) is 5.75 Å². The lowest BCUT2D eigenvalue weighted by atomic mass is 10.1. The molecule has 0 aliphatic rings. The molecule has 122 valence electrons. The highest BCUT2D eigenvalue weighted by Gasteiger charge is 2.18. The Kier molecular flexibility index (Phi) is 5.18. The van der Waals surface area contributed by atoms with Gasteiger partial charge in [0.25, 0.3) is 5.91 Å². The van der Waals surface area contributed by atoms with Crippen LogP contribution in [0.15, 0.2) is 66.0 Å². The van der Waals surface area contributed by atoms with Gasteiger partial charge in [-0.25, -0.2) is 0 Å². The quantitative estimate of drug-likeness (QED) is 0.623. The summed E-state index contributed by atoms with van der Waals surface area (Å²) in [5.41, 5.74) is 1.43. The smallest absolute Gasteiger partial charge is 0.258 e. The fourth-order valence-corrected chi connectivity index (χ4v) is 3.17. The summed E-state index contributed by atoms with van der Waals surface area (Å²) in [6, 6.07) is 18.4. The van der Waals surface area contributed by atoms with E-state index in [4.69, 9.17) is 16.3 Å². The molecule has 24 heavy (non-hydrogen) atoms. The van der Waals surface area contributed by atoms with Crippen LogP contribution in [-0.4, -0.2) is 13.0 Å². The molecule has 0 aliphatic carbocycles.